The fourth-order valence-electron chi connectivity index (χ4n) is 1.84. The van der Waals surface area contributed by atoms with Crippen LogP contribution in [-0.2, 0) is 4.79 Å². The van der Waals surface area contributed by atoms with Gasteiger partial charge in [0, 0.05) is 6.54 Å². The summed E-state index contributed by atoms with van der Waals surface area (Å²) in [6.07, 6.45) is 4.37. The molecule has 0 aromatic rings. The van der Waals surface area contributed by atoms with Crippen molar-refractivity contribution in [2.75, 3.05) is 24.7 Å². The second kappa shape index (κ2) is 7.12. The van der Waals surface area contributed by atoms with Gasteiger partial charge in [0.05, 0.1) is 18.4 Å². The Morgan fingerprint density at radius 3 is 3.07 bits per heavy atom. The lowest BCUT2D eigenvalue weighted by Gasteiger charge is -2.22. The topological polar surface area (TPSA) is 40.5 Å². The van der Waals surface area contributed by atoms with Crippen LogP contribution in [0.15, 0.2) is 0 Å². The quantitative estimate of drug-likeness (QED) is 0.704. The Kier molecular flexibility index (Phi) is 6.10. The second-order valence-corrected chi connectivity index (χ2v) is 5.08. The highest BCUT2D eigenvalue weighted by molar-refractivity contribution is 7.99. The number of nitrogens with zero attached hydrogens (tertiary/aromatic N) is 1. The van der Waals surface area contributed by atoms with E-state index in [-0.39, 0.29) is 18.6 Å². The van der Waals surface area contributed by atoms with Crippen LogP contribution in [0.5, 0.6) is 0 Å². The number of unbranched alkanes of at least 4 members (excludes halogenated alkanes) is 1. The number of aliphatic hydroxyl groups is 1. The van der Waals surface area contributed by atoms with Crippen molar-refractivity contribution in [3.63, 3.8) is 0 Å². The fraction of sp³-hybridized carbons (Fsp3) is 0.909. The van der Waals surface area contributed by atoms with Gasteiger partial charge in [-0.25, -0.2) is 0 Å². The molecule has 88 valence electrons. The van der Waals surface area contributed by atoms with Crippen molar-refractivity contribution in [2.24, 2.45) is 0 Å². The van der Waals surface area contributed by atoms with Gasteiger partial charge < -0.3 is 10.0 Å². The third-order valence-corrected chi connectivity index (χ3v) is 3.80. The standard InChI is InChI=1S/C11H21NO2S/c1-2-3-7-15-9-11(14)12-6-4-5-10(12)8-13/h10,13H,2-9H2,1H3/t10-/m0/s1. The second-order valence-electron chi connectivity index (χ2n) is 3.97. The van der Waals surface area contributed by atoms with Crippen molar-refractivity contribution < 1.29 is 9.90 Å². The Labute approximate surface area is 96.2 Å². The van der Waals surface area contributed by atoms with Crippen LogP contribution < -0.4 is 0 Å². The fourth-order valence-corrected chi connectivity index (χ4v) is 2.82. The van der Waals surface area contributed by atoms with E-state index < -0.39 is 0 Å². The molecule has 0 saturated carbocycles. The first kappa shape index (κ1) is 12.8. The number of thioether (sulfide) groups is 1. The van der Waals surface area contributed by atoms with E-state index in [0.29, 0.717) is 5.75 Å². The highest BCUT2D eigenvalue weighted by atomic mass is 32.2. The van der Waals surface area contributed by atoms with Crippen molar-refractivity contribution in [1.82, 2.24) is 4.90 Å². The van der Waals surface area contributed by atoms with Gasteiger partial charge in [-0.1, -0.05) is 13.3 Å². The third kappa shape index (κ3) is 4.03. The van der Waals surface area contributed by atoms with Crippen LogP contribution in [0.3, 0.4) is 0 Å². The van der Waals surface area contributed by atoms with Crippen LogP contribution in [0.1, 0.15) is 32.6 Å². The van der Waals surface area contributed by atoms with Gasteiger partial charge in [0.1, 0.15) is 0 Å². The normalized spacial score (nSPS) is 20.9. The number of aliphatic hydroxyl groups excluding tert-OH is 1. The van der Waals surface area contributed by atoms with E-state index in [0.717, 1.165) is 25.1 Å². The SMILES string of the molecule is CCCCSCC(=O)N1CCC[C@H]1CO. The molecule has 0 radical (unpaired) electrons. The summed E-state index contributed by atoms with van der Waals surface area (Å²) in [7, 11) is 0. The van der Waals surface area contributed by atoms with E-state index >= 15 is 0 Å². The van der Waals surface area contributed by atoms with Gasteiger partial charge in [-0.2, -0.15) is 11.8 Å². The lowest BCUT2D eigenvalue weighted by Crippen LogP contribution is -2.38. The van der Waals surface area contributed by atoms with Gasteiger partial charge in [-0.3, -0.25) is 4.79 Å². The zero-order valence-corrected chi connectivity index (χ0v) is 10.3. The largest absolute Gasteiger partial charge is 0.394 e. The Balaban J connectivity index is 2.21. The monoisotopic (exact) mass is 231 g/mol. The van der Waals surface area contributed by atoms with Crippen molar-refractivity contribution in [1.29, 1.82) is 0 Å². The number of hydrogen-bond acceptors (Lipinski definition) is 3. The Morgan fingerprint density at radius 1 is 1.60 bits per heavy atom. The lowest BCUT2D eigenvalue weighted by atomic mass is 10.2. The maximum Gasteiger partial charge on any atom is 0.232 e. The number of amides is 1. The lowest BCUT2D eigenvalue weighted by molar-refractivity contribution is -0.129. The molecule has 1 atom stereocenters. The minimum atomic E-state index is 0.0873. The first-order valence-electron chi connectivity index (χ1n) is 5.77. The molecule has 1 rings (SSSR count). The van der Waals surface area contributed by atoms with Crippen LogP contribution in [0.25, 0.3) is 0 Å². The van der Waals surface area contributed by atoms with E-state index in [4.69, 9.17) is 5.11 Å². The van der Waals surface area contributed by atoms with E-state index in [1.807, 2.05) is 4.90 Å². The number of carbonyl (C=O) groups excluding carboxylic acids is 1. The van der Waals surface area contributed by atoms with Crippen LogP contribution in [-0.4, -0.2) is 46.6 Å². The minimum absolute atomic E-state index is 0.0873. The van der Waals surface area contributed by atoms with E-state index in [2.05, 4.69) is 6.92 Å². The molecule has 0 aromatic carbocycles. The molecule has 15 heavy (non-hydrogen) atoms. The average molecular weight is 231 g/mol. The molecule has 0 bridgehead atoms. The van der Waals surface area contributed by atoms with Crippen molar-refractivity contribution in [2.45, 2.75) is 38.6 Å². The van der Waals surface area contributed by atoms with Gasteiger partial charge in [0.25, 0.3) is 0 Å². The summed E-state index contributed by atoms with van der Waals surface area (Å²) in [5.74, 6) is 1.85. The molecule has 1 amide bonds. The highest BCUT2D eigenvalue weighted by Gasteiger charge is 2.27. The molecule has 1 saturated heterocycles. The van der Waals surface area contributed by atoms with Gasteiger partial charge in [0.2, 0.25) is 5.91 Å². The van der Waals surface area contributed by atoms with Gasteiger partial charge in [0.15, 0.2) is 0 Å². The van der Waals surface area contributed by atoms with Crippen LogP contribution in [0.4, 0.5) is 0 Å². The zero-order chi connectivity index (χ0) is 11.1. The van der Waals surface area contributed by atoms with Crippen molar-refractivity contribution >= 4 is 17.7 Å². The Bertz CT molecular complexity index is 199. The van der Waals surface area contributed by atoms with Crippen LogP contribution in [0.2, 0.25) is 0 Å². The van der Waals surface area contributed by atoms with E-state index in [9.17, 15) is 4.79 Å². The molecule has 1 N–H and O–H groups in total. The molecule has 1 heterocycles. The Hall–Kier alpha value is -0.220. The first-order valence-corrected chi connectivity index (χ1v) is 6.93. The van der Waals surface area contributed by atoms with Crippen LogP contribution in [0, 0.1) is 0 Å². The van der Waals surface area contributed by atoms with Gasteiger partial charge in [-0.15, -0.1) is 0 Å². The van der Waals surface area contributed by atoms with E-state index in [1.54, 1.807) is 11.8 Å². The summed E-state index contributed by atoms with van der Waals surface area (Å²) in [6, 6.07) is 0.0873. The molecular weight excluding hydrogens is 210 g/mol. The summed E-state index contributed by atoms with van der Waals surface area (Å²) in [4.78, 5) is 13.6. The number of hydrogen-bond donors (Lipinski definition) is 1. The first-order chi connectivity index (χ1) is 7.29. The summed E-state index contributed by atoms with van der Waals surface area (Å²) in [5.41, 5.74) is 0. The summed E-state index contributed by atoms with van der Waals surface area (Å²) in [6.45, 7) is 3.11. The van der Waals surface area contributed by atoms with Gasteiger partial charge >= 0.3 is 0 Å². The van der Waals surface area contributed by atoms with Crippen molar-refractivity contribution in [3.8, 4) is 0 Å². The average Bonchev–Trinajstić information content (AvgIpc) is 2.72. The molecule has 0 aromatic heterocycles. The third-order valence-electron chi connectivity index (χ3n) is 2.78. The van der Waals surface area contributed by atoms with Gasteiger partial charge in [-0.05, 0) is 25.0 Å². The predicted octanol–water partition coefficient (Wildman–Crippen LogP) is 1.50. The molecule has 3 nitrogen and oxygen atoms in total. The highest BCUT2D eigenvalue weighted by Crippen LogP contribution is 2.18. The summed E-state index contributed by atoms with van der Waals surface area (Å²) < 4.78 is 0. The number of carbonyl (C=O) groups is 1. The molecule has 0 aliphatic carbocycles. The smallest absolute Gasteiger partial charge is 0.232 e. The molecule has 1 aliphatic heterocycles. The van der Waals surface area contributed by atoms with Crippen molar-refractivity contribution in [3.05, 3.63) is 0 Å². The summed E-state index contributed by atoms with van der Waals surface area (Å²) >= 11 is 1.71. The zero-order valence-electron chi connectivity index (χ0n) is 9.45. The summed E-state index contributed by atoms with van der Waals surface area (Å²) in [5, 5.41) is 9.09. The molecule has 1 fully saturated rings. The maximum atomic E-state index is 11.8. The maximum absolute atomic E-state index is 11.8. The number of rotatable bonds is 6. The molecule has 0 spiro atoms. The molecule has 1 aliphatic rings. The molecular formula is C11H21NO2S. The Morgan fingerprint density at radius 2 is 2.40 bits per heavy atom. The minimum Gasteiger partial charge on any atom is -0.394 e. The predicted molar refractivity (Wildman–Crippen MR) is 64.1 cm³/mol. The van der Waals surface area contributed by atoms with E-state index in [1.165, 1.54) is 12.8 Å². The molecule has 0 unspecified atom stereocenters. The number of likely N-dealkylation sites (tertiary alicyclic amines) is 1. The van der Waals surface area contributed by atoms with Crippen LogP contribution >= 0.6 is 11.8 Å². The molecule has 4 heteroatoms.